The van der Waals surface area contributed by atoms with E-state index in [0.717, 1.165) is 44.5 Å². The second-order valence-electron chi connectivity index (χ2n) is 5.33. The van der Waals surface area contributed by atoms with E-state index in [2.05, 4.69) is 11.4 Å². The second-order valence-corrected chi connectivity index (χ2v) is 5.33. The molecule has 0 aromatic rings. The molecule has 0 spiro atoms. The first-order valence-corrected chi connectivity index (χ1v) is 6.80. The summed E-state index contributed by atoms with van der Waals surface area (Å²) in [6.07, 6.45) is 6.16. The summed E-state index contributed by atoms with van der Waals surface area (Å²) in [6, 6.07) is 0.218. The van der Waals surface area contributed by atoms with E-state index >= 15 is 0 Å². The topological polar surface area (TPSA) is 56.2 Å². The molecule has 2 rings (SSSR count). The predicted molar refractivity (Wildman–Crippen MR) is 72.9 cm³/mol. The molecule has 1 aliphatic carbocycles. The molecule has 1 heterocycles. The zero-order valence-corrected chi connectivity index (χ0v) is 11.3. The van der Waals surface area contributed by atoms with Gasteiger partial charge in [0.1, 0.15) is 0 Å². The molecule has 0 aromatic heterocycles. The minimum Gasteiger partial charge on any atom is -0.343 e. The first-order chi connectivity index (χ1) is 8.61. The van der Waals surface area contributed by atoms with E-state index in [9.17, 15) is 4.79 Å². The average Bonchev–Trinajstić information content (AvgIpc) is 2.39. The number of nitrogens with zero attached hydrogens (tertiary/aromatic N) is 1. The summed E-state index contributed by atoms with van der Waals surface area (Å²) >= 11 is 0. The highest BCUT2D eigenvalue weighted by molar-refractivity contribution is 5.89. The second kappa shape index (κ2) is 5.65. The van der Waals surface area contributed by atoms with Gasteiger partial charge < -0.3 is 15.6 Å². The highest BCUT2D eigenvalue weighted by atomic mass is 16.2. The van der Waals surface area contributed by atoms with Crippen LogP contribution in [-0.2, 0) is 4.79 Å². The number of hydrogen-bond donors (Lipinski definition) is 2. The number of likely N-dealkylation sites (tertiary alicyclic amines) is 1. The molecule has 2 N–H and O–H groups in total. The normalized spacial score (nSPS) is 26.1. The Morgan fingerprint density at radius 2 is 2.11 bits per heavy atom. The fraction of sp³-hybridized carbons (Fsp3) is 0.714. The number of amides is 1. The van der Waals surface area contributed by atoms with Crippen molar-refractivity contribution in [3.05, 3.63) is 11.6 Å². The molecule has 18 heavy (non-hydrogen) atoms. The molecule has 2 aliphatic rings. The summed E-state index contributed by atoms with van der Waals surface area (Å²) in [5.74, 6) is 0.811. The minimum absolute atomic E-state index is 0.195. The molecular weight excluding hydrogens is 226 g/mol. The summed E-state index contributed by atoms with van der Waals surface area (Å²) in [5, 5.41) is 11.1. The smallest absolute Gasteiger partial charge is 0.219 e. The molecule has 1 saturated heterocycles. The first-order valence-electron chi connectivity index (χ1n) is 6.80. The first kappa shape index (κ1) is 13.3. The lowest BCUT2D eigenvalue weighted by atomic mass is 9.81. The maximum absolute atomic E-state index is 11.3. The molecule has 0 radical (unpaired) electrons. The van der Waals surface area contributed by atoms with Crippen molar-refractivity contribution in [2.45, 2.75) is 38.6 Å². The van der Waals surface area contributed by atoms with Gasteiger partial charge in [-0.15, -0.1) is 0 Å². The molecule has 1 aliphatic heterocycles. The minimum atomic E-state index is 0.195. The van der Waals surface area contributed by atoms with Crippen LogP contribution in [-0.4, -0.2) is 42.7 Å². The van der Waals surface area contributed by atoms with Crippen molar-refractivity contribution in [3.63, 3.8) is 0 Å². The number of piperidine rings is 1. The Morgan fingerprint density at radius 1 is 1.44 bits per heavy atom. The SMILES string of the molecule is CNC1CC(C2CCN(C(C)=O)CC2)=CCC1=N. The molecule has 0 bridgehead atoms. The zero-order chi connectivity index (χ0) is 13.1. The van der Waals surface area contributed by atoms with Gasteiger partial charge in [-0.05, 0) is 32.2 Å². The van der Waals surface area contributed by atoms with Crippen molar-refractivity contribution in [1.29, 1.82) is 5.41 Å². The Hall–Kier alpha value is -1.16. The highest BCUT2D eigenvalue weighted by Gasteiger charge is 2.27. The summed E-state index contributed by atoms with van der Waals surface area (Å²) in [5.41, 5.74) is 2.29. The van der Waals surface area contributed by atoms with Crippen molar-refractivity contribution >= 4 is 11.6 Å². The zero-order valence-electron chi connectivity index (χ0n) is 11.3. The average molecular weight is 249 g/mol. The van der Waals surface area contributed by atoms with Gasteiger partial charge in [0.05, 0.1) is 0 Å². The number of hydrogen-bond acceptors (Lipinski definition) is 3. The number of nitrogens with one attached hydrogen (secondary N) is 2. The van der Waals surface area contributed by atoms with E-state index < -0.39 is 0 Å². The van der Waals surface area contributed by atoms with Gasteiger partial charge in [0.15, 0.2) is 0 Å². The van der Waals surface area contributed by atoms with Gasteiger partial charge in [-0.1, -0.05) is 11.6 Å². The Kier molecular flexibility index (Phi) is 4.17. The lowest BCUT2D eigenvalue weighted by Crippen LogP contribution is -2.40. The van der Waals surface area contributed by atoms with Gasteiger partial charge in [0.2, 0.25) is 5.91 Å². The largest absolute Gasteiger partial charge is 0.343 e. The lowest BCUT2D eigenvalue weighted by molar-refractivity contribution is -0.130. The van der Waals surface area contributed by atoms with Crippen LogP contribution < -0.4 is 5.32 Å². The van der Waals surface area contributed by atoms with Gasteiger partial charge in [-0.3, -0.25) is 4.79 Å². The molecule has 0 aromatic carbocycles. The van der Waals surface area contributed by atoms with Crippen LogP contribution in [0.25, 0.3) is 0 Å². The maximum Gasteiger partial charge on any atom is 0.219 e. The summed E-state index contributed by atoms with van der Waals surface area (Å²) in [4.78, 5) is 13.2. The number of carbonyl (C=O) groups is 1. The van der Waals surface area contributed by atoms with Crippen LogP contribution in [0.3, 0.4) is 0 Å². The Bertz CT molecular complexity index is 367. The van der Waals surface area contributed by atoms with Crippen molar-refractivity contribution in [3.8, 4) is 0 Å². The van der Waals surface area contributed by atoms with Crippen molar-refractivity contribution < 1.29 is 4.79 Å². The van der Waals surface area contributed by atoms with Gasteiger partial charge in [-0.2, -0.15) is 0 Å². The molecule has 1 unspecified atom stereocenters. The Labute approximate surface area is 109 Å². The highest BCUT2D eigenvalue weighted by Crippen LogP contribution is 2.30. The summed E-state index contributed by atoms with van der Waals surface area (Å²) < 4.78 is 0. The van der Waals surface area contributed by atoms with Crippen molar-refractivity contribution in [2.75, 3.05) is 20.1 Å². The van der Waals surface area contributed by atoms with Gasteiger partial charge >= 0.3 is 0 Å². The summed E-state index contributed by atoms with van der Waals surface area (Å²) in [7, 11) is 1.93. The van der Waals surface area contributed by atoms with E-state index in [0.29, 0.717) is 5.92 Å². The molecule has 1 amide bonds. The third-order valence-corrected chi connectivity index (χ3v) is 4.26. The molecular formula is C14H23N3O. The Morgan fingerprint density at radius 3 is 2.67 bits per heavy atom. The van der Waals surface area contributed by atoms with Gasteiger partial charge in [0, 0.05) is 38.2 Å². The van der Waals surface area contributed by atoms with E-state index in [4.69, 9.17) is 5.41 Å². The maximum atomic E-state index is 11.3. The fourth-order valence-corrected chi connectivity index (χ4v) is 3.00. The van der Waals surface area contributed by atoms with Crippen LogP contribution in [0, 0.1) is 11.3 Å². The molecule has 4 nitrogen and oxygen atoms in total. The molecule has 100 valence electrons. The van der Waals surface area contributed by atoms with Gasteiger partial charge in [-0.25, -0.2) is 0 Å². The predicted octanol–water partition coefficient (Wildman–Crippen LogP) is 1.57. The van der Waals surface area contributed by atoms with E-state index in [1.807, 2.05) is 11.9 Å². The van der Waals surface area contributed by atoms with Crippen LogP contribution >= 0.6 is 0 Å². The molecule has 1 atom stereocenters. The number of carbonyl (C=O) groups excluding carboxylic acids is 1. The number of allylic oxidation sites excluding steroid dienone is 1. The van der Waals surface area contributed by atoms with E-state index in [1.54, 1.807) is 6.92 Å². The lowest BCUT2D eigenvalue weighted by Gasteiger charge is -2.35. The molecule has 1 fully saturated rings. The van der Waals surface area contributed by atoms with Crippen LogP contribution in [0.2, 0.25) is 0 Å². The molecule has 4 heteroatoms. The third-order valence-electron chi connectivity index (χ3n) is 4.26. The van der Waals surface area contributed by atoms with E-state index in [1.165, 1.54) is 5.57 Å². The third kappa shape index (κ3) is 2.80. The van der Waals surface area contributed by atoms with E-state index in [-0.39, 0.29) is 11.9 Å². The van der Waals surface area contributed by atoms with Crippen LogP contribution in [0.5, 0.6) is 0 Å². The Balaban J connectivity index is 1.94. The van der Waals surface area contributed by atoms with Crippen molar-refractivity contribution in [2.24, 2.45) is 5.92 Å². The van der Waals surface area contributed by atoms with Crippen molar-refractivity contribution in [1.82, 2.24) is 10.2 Å². The number of rotatable bonds is 2. The molecule has 0 saturated carbocycles. The quantitative estimate of drug-likeness (QED) is 0.730. The van der Waals surface area contributed by atoms with Crippen LogP contribution in [0.4, 0.5) is 0 Å². The summed E-state index contributed by atoms with van der Waals surface area (Å²) in [6.45, 7) is 3.43. The fourth-order valence-electron chi connectivity index (χ4n) is 3.00. The van der Waals surface area contributed by atoms with Crippen LogP contribution in [0.1, 0.15) is 32.6 Å². The van der Waals surface area contributed by atoms with Gasteiger partial charge in [0.25, 0.3) is 0 Å². The monoisotopic (exact) mass is 249 g/mol. The van der Waals surface area contributed by atoms with Crippen LogP contribution in [0.15, 0.2) is 11.6 Å². The standard InChI is InChI=1S/C14H23N3O/c1-10(18)17-7-5-11(6-8-17)12-3-4-13(15)14(9-12)16-2/h3,11,14-16H,4-9H2,1-2H3.